The van der Waals surface area contributed by atoms with Gasteiger partial charge in [0.25, 0.3) is 0 Å². The molecular formula is C13H12BrFO4. The van der Waals surface area contributed by atoms with Crippen LogP contribution in [0.5, 0.6) is 11.5 Å². The summed E-state index contributed by atoms with van der Waals surface area (Å²) >= 11 is 3.15. The van der Waals surface area contributed by atoms with Gasteiger partial charge < -0.3 is 14.6 Å². The van der Waals surface area contributed by atoms with E-state index < -0.39 is 17.2 Å². The zero-order valence-electron chi connectivity index (χ0n) is 10.0. The van der Waals surface area contributed by atoms with Crippen molar-refractivity contribution in [2.45, 2.75) is 24.7 Å². The maximum absolute atomic E-state index is 14.4. The summed E-state index contributed by atoms with van der Waals surface area (Å²) in [5, 5.41) is 9.01. The van der Waals surface area contributed by atoms with E-state index in [-0.39, 0.29) is 10.9 Å². The molecule has 0 unspecified atom stereocenters. The number of fused-ring (bicyclic) bond motifs is 1. The van der Waals surface area contributed by atoms with Crippen LogP contribution in [0.15, 0.2) is 10.5 Å². The predicted molar refractivity (Wildman–Crippen MR) is 68.3 cm³/mol. The van der Waals surface area contributed by atoms with E-state index in [9.17, 15) is 9.18 Å². The van der Waals surface area contributed by atoms with Crippen LogP contribution in [0.3, 0.4) is 0 Å². The van der Waals surface area contributed by atoms with E-state index in [1.165, 1.54) is 6.07 Å². The fourth-order valence-corrected chi connectivity index (χ4v) is 2.97. The monoisotopic (exact) mass is 330 g/mol. The highest BCUT2D eigenvalue weighted by Crippen LogP contribution is 2.57. The minimum Gasteiger partial charge on any atom is -0.486 e. The molecular weight excluding hydrogens is 319 g/mol. The first kappa shape index (κ1) is 12.7. The summed E-state index contributed by atoms with van der Waals surface area (Å²) in [5.41, 5.74) is -0.302. The quantitative estimate of drug-likeness (QED) is 0.925. The smallest absolute Gasteiger partial charge is 0.304 e. The van der Waals surface area contributed by atoms with Crippen molar-refractivity contribution in [3.63, 3.8) is 0 Å². The van der Waals surface area contributed by atoms with E-state index in [2.05, 4.69) is 15.9 Å². The molecule has 0 bridgehead atoms. The first-order valence-corrected chi connectivity index (χ1v) is 6.83. The van der Waals surface area contributed by atoms with Crippen LogP contribution in [-0.2, 0) is 10.2 Å². The minimum absolute atomic E-state index is 0.0871. The van der Waals surface area contributed by atoms with E-state index in [0.717, 1.165) is 0 Å². The van der Waals surface area contributed by atoms with Crippen molar-refractivity contribution in [2.24, 2.45) is 0 Å². The molecule has 1 N–H and O–H groups in total. The predicted octanol–water partition coefficient (Wildman–Crippen LogP) is 2.87. The second kappa shape index (κ2) is 4.37. The zero-order chi connectivity index (χ0) is 13.6. The average molecular weight is 331 g/mol. The van der Waals surface area contributed by atoms with Crippen LogP contribution < -0.4 is 9.47 Å². The third kappa shape index (κ3) is 2.08. The lowest BCUT2D eigenvalue weighted by atomic mass is 9.90. The summed E-state index contributed by atoms with van der Waals surface area (Å²) in [6.45, 7) is 0.765. The lowest BCUT2D eigenvalue weighted by Gasteiger charge is -2.25. The van der Waals surface area contributed by atoms with Crippen LogP contribution in [0, 0.1) is 5.82 Å². The van der Waals surface area contributed by atoms with E-state index in [0.29, 0.717) is 43.1 Å². The second-order valence-corrected chi connectivity index (χ2v) is 5.78. The van der Waals surface area contributed by atoms with Crippen molar-refractivity contribution < 1.29 is 23.8 Å². The summed E-state index contributed by atoms with van der Waals surface area (Å²) in [6, 6.07) is 1.53. The van der Waals surface area contributed by atoms with Gasteiger partial charge in [-0.1, -0.05) is 0 Å². The van der Waals surface area contributed by atoms with Crippen LogP contribution in [0.2, 0.25) is 0 Å². The molecule has 1 heterocycles. The minimum atomic E-state index is -0.928. The molecule has 1 aliphatic carbocycles. The number of rotatable bonds is 3. The van der Waals surface area contributed by atoms with Gasteiger partial charge in [0.15, 0.2) is 11.5 Å². The number of ether oxygens (including phenoxy) is 2. The van der Waals surface area contributed by atoms with Gasteiger partial charge in [0.1, 0.15) is 19.0 Å². The zero-order valence-corrected chi connectivity index (χ0v) is 11.6. The highest BCUT2D eigenvalue weighted by molar-refractivity contribution is 9.10. The van der Waals surface area contributed by atoms with Crippen molar-refractivity contribution in [3.05, 3.63) is 21.9 Å². The molecule has 1 aromatic rings. The Kier molecular flexibility index (Phi) is 2.92. The molecule has 1 fully saturated rings. The highest BCUT2D eigenvalue weighted by atomic mass is 79.9. The van der Waals surface area contributed by atoms with Crippen molar-refractivity contribution in [3.8, 4) is 11.5 Å². The topological polar surface area (TPSA) is 55.8 Å². The molecule has 102 valence electrons. The Balaban J connectivity index is 2.14. The second-order valence-electron chi connectivity index (χ2n) is 4.92. The molecule has 4 nitrogen and oxygen atoms in total. The number of aliphatic carboxylic acids is 1. The van der Waals surface area contributed by atoms with Gasteiger partial charge in [0.2, 0.25) is 0 Å². The average Bonchev–Trinajstić information content (AvgIpc) is 3.10. The van der Waals surface area contributed by atoms with Crippen molar-refractivity contribution >= 4 is 21.9 Å². The molecule has 3 rings (SSSR count). The Hall–Kier alpha value is -1.30. The first-order valence-electron chi connectivity index (χ1n) is 6.03. The molecule has 0 aromatic heterocycles. The number of halogens is 2. The van der Waals surface area contributed by atoms with E-state index in [4.69, 9.17) is 14.6 Å². The summed E-state index contributed by atoms with van der Waals surface area (Å²) < 4.78 is 25.7. The molecule has 0 saturated heterocycles. The van der Waals surface area contributed by atoms with E-state index >= 15 is 0 Å². The third-order valence-electron chi connectivity index (χ3n) is 3.60. The van der Waals surface area contributed by atoms with Gasteiger partial charge in [-0.3, -0.25) is 4.79 Å². The molecule has 0 atom stereocenters. The van der Waals surface area contributed by atoms with Crippen LogP contribution >= 0.6 is 15.9 Å². The van der Waals surface area contributed by atoms with Crippen LogP contribution in [-0.4, -0.2) is 24.3 Å². The SMILES string of the molecule is O=C(O)CC1(c2c(F)c(Br)cc3c2OCCO3)CC1. The van der Waals surface area contributed by atoms with Crippen LogP contribution in [0.1, 0.15) is 24.8 Å². The number of carboxylic acid groups (broad SMARTS) is 1. The Morgan fingerprint density at radius 3 is 2.74 bits per heavy atom. The normalized spacial score (nSPS) is 19.1. The molecule has 0 radical (unpaired) electrons. The largest absolute Gasteiger partial charge is 0.486 e. The standard InChI is InChI=1S/C13H12BrFO4/c14-7-5-8-12(19-4-3-18-8)10(11(7)15)13(1-2-13)6-9(16)17/h5H,1-4,6H2,(H,16,17). The third-order valence-corrected chi connectivity index (χ3v) is 4.18. The molecule has 0 spiro atoms. The first-order chi connectivity index (χ1) is 9.03. The fourth-order valence-electron chi connectivity index (χ4n) is 2.56. The van der Waals surface area contributed by atoms with Gasteiger partial charge >= 0.3 is 5.97 Å². The highest BCUT2D eigenvalue weighted by Gasteiger charge is 2.51. The van der Waals surface area contributed by atoms with Gasteiger partial charge in [-0.25, -0.2) is 4.39 Å². The Morgan fingerprint density at radius 1 is 1.42 bits per heavy atom. The van der Waals surface area contributed by atoms with Gasteiger partial charge in [-0.15, -0.1) is 0 Å². The molecule has 1 saturated carbocycles. The Morgan fingerprint density at radius 2 is 2.11 bits per heavy atom. The number of hydrogen-bond donors (Lipinski definition) is 1. The summed E-state index contributed by atoms with van der Waals surface area (Å²) in [5.74, 6) is -0.526. The van der Waals surface area contributed by atoms with Crippen LogP contribution in [0.25, 0.3) is 0 Å². The Labute approximate surface area is 117 Å². The number of hydrogen-bond acceptors (Lipinski definition) is 3. The van der Waals surface area contributed by atoms with Crippen LogP contribution in [0.4, 0.5) is 4.39 Å². The summed E-state index contributed by atoms with van der Waals surface area (Å²) in [4.78, 5) is 11.0. The maximum atomic E-state index is 14.4. The van der Waals surface area contributed by atoms with Gasteiger partial charge in [-0.2, -0.15) is 0 Å². The van der Waals surface area contributed by atoms with E-state index in [1.807, 2.05) is 0 Å². The number of benzene rings is 1. The summed E-state index contributed by atoms with van der Waals surface area (Å²) in [7, 11) is 0. The molecule has 2 aliphatic rings. The molecule has 1 aliphatic heterocycles. The van der Waals surface area contributed by atoms with Crippen molar-refractivity contribution in [1.82, 2.24) is 0 Å². The lowest BCUT2D eigenvalue weighted by Crippen LogP contribution is -2.22. The van der Waals surface area contributed by atoms with Gasteiger partial charge in [0, 0.05) is 17.0 Å². The molecule has 6 heteroatoms. The fraction of sp³-hybridized carbons (Fsp3) is 0.462. The molecule has 1 aromatic carbocycles. The Bertz CT molecular complexity index is 554. The maximum Gasteiger partial charge on any atom is 0.304 e. The van der Waals surface area contributed by atoms with Crippen molar-refractivity contribution in [1.29, 1.82) is 0 Å². The summed E-state index contributed by atoms with van der Waals surface area (Å²) in [6.07, 6.45) is 1.22. The number of carboxylic acids is 1. The van der Waals surface area contributed by atoms with Crippen molar-refractivity contribution in [2.75, 3.05) is 13.2 Å². The lowest BCUT2D eigenvalue weighted by molar-refractivity contribution is -0.137. The van der Waals surface area contributed by atoms with Gasteiger partial charge in [-0.05, 0) is 28.8 Å². The van der Waals surface area contributed by atoms with Gasteiger partial charge in [0.05, 0.1) is 10.9 Å². The van der Waals surface area contributed by atoms with E-state index in [1.54, 1.807) is 0 Å². The molecule has 0 amide bonds. The molecule has 19 heavy (non-hydrogen) atoms. The number of carbonyl (C=O) groups is 1.